The van der Waals surface area contributed by atoms with Gasteiger partial charge in [-0.15, -0.1) is 0 Å². The molecule has 0 heterocycles. The second kappa shape index (κ2) is 12.3. The fourth-order valence-electron chi connectivity index (χ4n) is 1.25. The molecule has 0 saturated carbocycles. The molecule has 8 N–H and O–H groups in total. The Kier molecular flexibility index (Phi) is 13.1. The van der Waals surface area contributed by atoms with Crippen LogP contribution in [0.1, 0.15) is 52.4 Å². The molecule has 0 aliphatic heterocycles. The maximum atomic E-state index is 10.2. The van der Waals surface area contributed by atoms with E-state index in [0.29, 0.717) is 31.6 Å². The molecule has 0 aromatic heterocycles. The average molecular weight is 260 g/mol. The first kappa shape index (κ1) is 19.2. The molecule has 0 saturated heterocycles. The van der Waals surface area contributed by atoms with Gasteiger partial charge in [0.05, 0.1) is 6.17 Å². The van der Waals surface area contributed by atoms with Crippen molar-refractivity contribution in [2.75, 3.05) is 0 Å². The van der Waals surface area contributed by atoms with Crippen molar-refractivity contribution in [3.05, 3.63) is 0 Å². The van der Waals surface area contributed by atoms with Crippen molar-refractivity contribution in [3.8, 4) is 0 Å². The first-order valence-corrected chi connectivity index (χ1v) is 6.39. The molecule has 0 aliphatic rings. The van der Waals surface area contributed by atoms with Crippen LogP contribution in [0.5, 0.6) is 0 Å². The number of hydrogen-bond acceptors (Lipinski definition) is 4. The second-order valence-electron chi connectivity index (χ2n) is 4.48. The number of rotatable bonds is 8. The Bertz CT molecular complexity index is 216. The van der Waals surface area contributed by atoms with Crippen LogP contribution in [0.15, 0.2) is 0 Å². The number of amides is 2. The van der Waals surface area contributed by atoms with Crippen molar-refractivity contribution in [1.29, 1.82) is 0 Å². The van der Waals surface area contributed by atoms with Crippen molar-refractivity contribution in [2.24, 2.45) is 28.9 Å². The van der Waals surface area contributed by atoms with Crippen molar-refractivity contribution >= 4 is 11.8 Å². The van der Waals surface area contributed by atoms with Gasteiger partial charge in [-0.25, -0.2) is 0 Å². The smallest absolute Gasteiger partial charge is 0.217 e. The molecule has 1 unspecified atom stereocenters. The van der Waals surface area contributed by atoms with Gasteiger partial charge in [-0.05, 0) is 25.2 Å². The lowest BCUT2D eigenvalue weighted by Gasteiger charge is -2.12. The van der Waals surface area contributed by atoms with Crippen LogP contribution in [0.25, 0.3) is 0 Å². The Balaban J connectivity index is 0. The van der Waals surface area contributed by atoms with Crippen LogP contribution >= 0.6 is 0 Å². The van der Waals surface area contributed by atoms with Crippen molar-refractivity contribution in [3.63, 3.8) is 0 Å². The first-order valence-electron chi connectivity index (χ1n) is 6.39. The van der Waals surface area contributed by atoms with Gasteiger partial charge in [0.1, 0.15) is 0 Å². The zero-order valence-electron chi connectivity index (χ0n) is 11.5. The molecule has 6 nitrogen and oxygen atoms in total. The maximum Gasteiger partial charge on any atom is 0.217 e. The molecule has 0 spiro atoms. The minimum absolute atomic E-state index is 0.130. The van der Waals surface area contributed by atoms with E-state index in [2.05, 4.69) is 13.8 Å². The molecule has 6 heteroatoms. The normalized spacial score (nSPS) is 11.6. The van der Waals surface area contributed by atoms with Gasteiger partial charge in [0, 0.05) is 12.8 Å². The van der Waals surface area contributed by atoms with Crippen LogP contribution < -0.4 is 22.9 Å². The van der Waals surface area contributed by atoms with Crippen molar-refractivity contribution < 1.29 is 9.59 Å². The number of hydrogen-bond donors (Lipinski definition) is 4. The molecule has 0 rings (SSSR count). The van der Waals surface area contributed by atoms with E-state index in [1.807, 2.05) is 0 Å². The van der Waals surface area contributed by atoms with E-state index in [-0.39, 0.29) is 18.0 Å². The van der Waals surface area contributed by atoms with Crippen LogP contribution in [0.4, 0.5) is 0 Å². The molecule has 0 aromatic rings. The summed E-state index contributed by atoms with van der Waals surface area (Å²) in [4.78, 5) is 20.3. The van der Waals surface area contributed by atoms with E-state index in [1.165, 1.54) is 6.42 Å². The minimum Gasteiger partial charge on any atom is -0.370 e. The summed E-state index contributed by atoms with van der Waals surface area (Å²) in [5.41, 5.74) is 20.5. The highest BCUT2D eigenvalue weighted by molar-refractivity contribution is 5.74. The number of carbonyl (C=O) groups excluding carboxylic acids is 2. The van der Waals surface area contributed by atoms with Crippen molar-refractivity contribution in [1.82, 2.24) is 0 Å². The SMILES string of the molecule is CCCC(C)C(N)N.NC(=O)CCCCC(N)=O. The average Bonchev–Trinajstić information content (AvgIpc) is 2.25. The highest BCUT2D eigenvalue weighted by atomic mass is 16.1. The van der Waals surface area contributed by atoms with Gasteiger partial charge in [0.2, 0.25) is 11.8 Å². The molecular formula is C12H28N4O2. The van der Waals surface area contributed by atoms with Crippen LogP contribution in [-0.2, 0) is 9.59 Å². The van der Waals surface area contributed by atoms with E-state index in [0.717, 1.165) is 6.42 Å². The molecule has 2 amide bonds. The van der Waals surface area contributed by atoms with Crippen LogP contribution in [0.2, 0.25) is 0 Å². The molecule has 0 aliphatic carbocycles. The van der Waals surface area contributed by atoms with Gasteiger partial charge in [-0.3, -0.25) is 9.59 Å². The summed E-state index contributed by atoms with van der Waals surface area (Å²) < 4.78 is 0. The summed E-state index contributed by atoms with van der Waals surface area (Å²) in [5, 5.41) is 0. The second-order valence-corrected chi connectivity index (χ2v) is 4.48. The van der Waals surface area contributed by atoms with Gasteiger partial charge in [-0.1, -0.05) is 20.3 Å². The first-order chi connectivity index (χ1) is 8.31. The van der Waals surface area contributed by atoms with Crippen molar-refractivity contribution in [2.45, 2.75) is 58.5 Å². The molecule has 0 bridgehead atoms. The predicted molar refractivity (Wildman–Crippen MR) is 73.1 cm³/mol. The summed E-state index contributed by atoms with van der Waals surface area (Å²) >= 11 is 0. The third-order valence-corrected chi connectivity index (χ3v) is 2.50. The molecule has 0 aromatic carbocycles. The highest BCUT2D eigenvalue weighted by Gasteiger charge is 2.04. The summed E-state index contributed by atoms with van der Waals surface area (Å²) in [7, 11) is 0. The Morgan fingerprint density at radius 2 is 1.39 bits per heavy atom. The third-order valence-electron chi connectivity index (χ3n) is 2.50. The summed E-state index contributed by atoms with van der Waals surface area (Å²) in [6, 6.07) is 0. The fourth-order valence-corrected chi connectivity index (χ4v) is 1.25. The number of primary amides is 2. The van der Waals surface area contributed by atoms with Gasteiger partial charge in [0.15, 0.2) is 0 Å². The molecular weight excluding hydrogens is 232 g/mol. The lowest BCUT2D eigenvalue weighted by molar-refractivity contribution is -0.119. The van der Waals surface area contributed by atoms with Crippen LogP contribution in [0.3, 0.4) is 0 Å². The van der Waals surface area contributed by atoms with E-state index in [9.17, 15) is 9.59 Å². The lowest BCUT2D eigenvalue weighted by atomic mass is 10.0. The Hall–Kier alpha value is -1.14. The molecule has 108 valence electrons. The fraction of sp³-hybridized carbons (Fsp3) is 0.833. The highest BCUT2D eigenvalue weighted by Crippen LogP contribution is 2.04. The molecule has 18 heavy (non-hydrogen) atoms. The molecule has 1 atom stereocenters. The third kappa shape index (κ3) is 17.3. The Morgan fingerprint density at radius 1 is 1.00 bits per heavy atom. The molecule has 0 fully saturated rings. The standard InChI is InChI=1S/C6H12N2O2.C6H16N2/c7-5(9)3-1-2-4-6(8)10;1-3-4-5(2)6(7)8/h1-4H2,(H2,7,9)(H2,8,10);5-6H,3-4,7-8H2,1-2H3. The lowest BCUT2D eigenvalue weighted by Crippen LogP contribution is -2.37. The van der Waals surface area contributed by atoms with Gasteiger partial charge in [0.25, 0.3) is 0 Å². The quantitative estimate of drug-likeness (QED) is 0.365. The summed E-state index contributed by atoms with van der Waals surface area (Å²) in [5.74, 6) is -0.186. The van der Waals surface area contributed by atoms with Gasteiger partial charge in [-0.2, -0.15) is 0 Å². The topological polar surface area (TPSA) is 138 Å². The maximum absolute atomic E-state index is 10.2. The minimum atomic E-state index is -0.329. The van der Waals surface area contributed by atoms with E-state index in [4.69, 9.17) is 22.9 Å². The summed E-state index contributed by atoms with van der Waals surface area (Å²) in [6.45, 7) is 4.22. The number of unbranched alkanes of at least 4 members (excludes halogenated alkanes) is 1. The Morgan fingerprint density at radius 3 is 1.56 bits per heavy atom. The summed E-state index contributed by atoms with van der Waals surface area (Å²) in [6.07, 6.45) is 4.16. The van der Waals surface area contributed by atoms with Crippen LogP contribution in [0, 0.1) is 5.92 Å². The zero-order chi connectivity index (χ0) is 14.6. The monoisotopic (exact) mass is 260 g/mol. The van der Waals surface area contributed by atoms with E-state index in [1.54, 1.807) is 0 Å². The zero-order valence-corrected chi connectivity index (χ0v) is 11.5. The predicted octanol–water partition coefficient (Wildman–Crippen LogP) is 0.184. The largest absolute Gasteiger partial charge is 0.370 e. The number of nitrogens with two attached hydrogens (primary N) is 4. The van der Waals surface area contributed by atoms with E-state index < -0.39 is 0 Å². The van der Waals surface area contributed by atoms with E-state index >= 15 is 0 Å². The van der Waals surface area contributed by atoms with Crippen LogP contribution in [-0.4, -0.2) is 18.0 Å². The van der Waals surface area contributed by atoms with Gasteiger partial charge < -0.3 is 22.9 Å². The number of carbonyl (C=O) groups is 2. The van der Waals surface area contributed by atoms with Gasteiger partial charge >= 0.3 is 0 Å². The Labute approximate surface area is 109 Å². The molecule has 0 radical (unpaired) electrons.